The molecule has 4 rings (SSSR count). The Bertz CT molecular complexity index is 1210. The van der Waals surface area contributed by atoms with Crippen molar-refractivity contribution in [3.63, 3.8) is 0 Å². The minimum Gasteiger partial charge on any atom is -0.483 e. The second-order valence-corrected chi connectivity index (χ2v) is 9.25. The van der Waals surface area contributed by atoms with Crippen LogP contribution in [0.25, 0.3) is 17.2 Å². The number of hydrogen-bond donors (Lipinski definition) is 0. The third kappa shape index (κ3) is 4.15. The highest BCUT2D eigenvalue weighted by atomic mass is 35.5. The summed E-state index contributed by atoms with van der Waals surface area (Å²) in [7, 11) is -3.87. The van der Waals surface area contributed by atoms with Gasteiger partial charge in [-0.25, -0.2) is 0 Å². The molecule has 0 bridgehead atoms. The van der Waals surface area contributed by atoms with Crippen LogP contribution in [0.3, 0.4) is 0 Å². The number of halogens is 1. The molecule has 3 aromatic carbocycles. The summed E-state index contributed by atoms with van der Waals surface area (Å²) in [5.41, 5.74) is 4.70. The molecule has 6 heteroatoms. The summed E-state index contributed by atoms with van der Waals surface area (Å²) in [6, 6.07) is 18.2. The molecule has 1 heterocycles. The first kappa shape index (κ1) is 20.7. The van der Waals surface area contributed by atoms with Gasteiger partial charge in [-0.3, -0.25) is 4.18 Å². The van der Waals surface area contributed by atoms with Gasteiger partial charge >= 0.3 is 0 Å². The molecule has 1 aliphatic heterocycles. The van der Waals surface area contributed by atoms with Crippen LogP contribution in [0.5, 0.6) is 5.75 Å². The zero-order chi connectivity index (χ0) is 21.3. The quantitative estimate of drug-likeness (QED) is 0.470. The maximum atomic E-state index is 12.5. The number of fused-ring (bicyclic) bond motifs is 1. The minimum atomic E-state index is -3.87. The Morgan fingerprint density at radius 2 is 1.73 bits per heavy atom. The van der Waals surface area contributed by atoms with Gasteiger partial charge in [-0.15, -0.1) is 0 Å². The monoisotopic (exact) mass is 440 g/mol. The summed E-state index contributed by atoms with van der Waals surface area (Å²) in [5, 5.41) is 0.574. The van der Waals surface area contributed by atoms with Crippen LogP contribution in [-0.4, -0.2) is 21.1 Å². The zero-order valence-corrected chi connectivity index (χ0v) is 18.2. The molecule has 0 amide bonds. The summed E-state index contributed by atoms with van der Waals surface area (Å²) in [6.07, 6.45) is 3.14. The van der Waals surface area contributed by atoms with E-state index in [2.05, 4.69) is 0 Å². The van der Waals surface area contributed by atoms with Crippen LogP contribution in [0.1, 0.15) is 16.7 Å². The van der Waals surface area contributed by atoms with Crippen LogP contribution in [0.2, 0.25) is 5.02 Å². The lowest BCUT2D eigenvalue weighted by molar-refractivity contribution is 0.166. The fourth-order valence-electron chi connectivity index (χ4n) is 3.36. The second-order valence-electron chi connectivity index (χ2n) is 7.22. The van der Waals surface area contributed by atoms with Gasteiger partial charge in [0.2, 0.25) is 0 Å². The SMILES string of the molecule is Cc1ccc(S(=O)(=O)OCC2C=Cc3ccc(Cl)c(-c4ccccc4C)c3O2)cc1. The average Bonchev–Trinajstić information content (AvgIpc) is 2.73. The minimum absolute atomic E-state index is 0.122. The molecular weight excluding hydrogens is 420 g/mol. The van der Waals surface area contributed by atoms with E-state index in [1.165, 1.54) is 12.1 Å². The average molecular weight is 441 g/mol. The highest BCUT2D eigenvalue weighted by Gasteiger charge is 2.24. The third-order valence-electron chi connectivity index (χ3n) is 5.01. The molecular formula is C24H21ClO4S. The standard InChI is InChI=1S/C24H21ClO4S/c1-16-7-12-20(13-8-16)30(26,27)28-15-19-11-9-18-10-14-22(25)23(24(18)29-19)21-6-4-3-5-17(21)2/h3-14,19H,15H2,1-2H3. The maximum absolute atomic E-state index is 12.5. The van der Waals surface area contributed by atoms with E-state index < -0.39 is 16.2 Å². The predicted molar refractivity (Wildman–Crippen MR) is 119 cm³/mol. The fourth-order valence-corrected chi connectivity index (χ4v) is 4.53. The third-order valence-corrected chi connectivity index (χ3v) is 6.62. The molecule has 30 heavy (non-hydrogen) atoms. The van der Waals surface area contributed by atoms with Crippen LogP contribution in [0.15, 0.2) is 71.6 Å². The Morgan fingerprint density at radius 1 is 1.00 bits per heavy atom. The molecule has 3 aromatic rings. The molecule has 0 saturated heterocycles. The molecule has 154 valence electrons. The largest absolute Gasteiger partial charge is 0.483 e. The first-order valence-electron chi connectivity index (χ1n) is 9.54. The lowest BCUT2D eigenvalue weighted by Gasteiger charge is -2.25. The Balaban J connectivity index is 1.59. The van der Waals surface area contributed by atoms with Crippen molar-refractivity contribution in [1.29, 1.82) is 0 Å². The zero-order valence-electron chi connectivity index (χ0n) is 16.6. The van der Waals surface area contributed by atoms with Crippen LogP contribution >= 0.6 is 11.6 Å². The molecule has 0 N–H and O–H groups in total. The van der Waals surface area contributed by atoms with Crippen LogP contribution in [0, 0.1) is 13.8 Å². The van der Waals surface area contributed by atoms with E-state index in [1.54, 1.807) is 18.2 Å². The van der Waals surface area contributed by atoms with Gasteiger partial charge in [0, 0.05) is 11.1 Å². The van der Waals surface area contributed by atoms with E-state index in [9.17, 15) is 8.42 Å². The Kier molecular flexibility index (Phi) is 5.69. The number of ether oxygens (including phenoxy) is 1. The van der Waals surface area contributed by atoms with E-state index in [4.69, 9.17) is 20.5 Å². The molecule has 1 unspecified atom stereocenters. The second kappa shape index (κ2) is 8.26. The van der Waals surface area contributed by atoms with Crippen LogP contribution in [0.4, 0.5) is 0 Å². The molecule has 0 saturated carbocycles. The lowest BCUT2D eigenvalue weighted by atomic mass is 9.96. The van der Waals surface area contributed by atoms with E-state index in [-0.39, 0.29) is 11.5 Å². The van der Waals surface area contributed by atoms with Gasteiger partial charge < -0.3 is 4.74 Å². The first-order valence-corrected chi connectivity index (χ1v) is 11.3. The molecule has 0 fully saturated rings. The van der Waals surface area contributed by atoms with Crippen molar-refractivity contribution in [3.8, 4) is 16.9 Å². The van der Waals surface area contributed by atoms with Crippen molar-refractivity contribution >= 4 is 27.8 Å². The highest BCUT2D eigenvalue weighted by molar-refractivity contribution is 7.86. The fraction of sp³-hybridized carbons (Fsp3) is 0.167. The van der Waals surface area contributed by atoms with Crippen molar-refractivity contribution in [2.75, 3.05) is 6.61 Å². The Morgan fingerprint density at radius 3 is 2.47 bits per heavy atom. The molecule has 0 aromatic heterocycles. The van der Waals surface area contributed by atoms with Gasteiger partial charge in [-0.2, -0.15) is 8.42 Å². The molecule has 4 nitrogen and oxygen atoms in total. The van der Waals surface area contributed by atoms with E-state index in [1.807, 2.05) is 56.3 Å². The normalized spacial score (nSPS) is 15.5. The van der Waals surface area contributed by atoms with Crippen molar-refractivity contribution in [2.45, 2.75) is 24.8 Å². The van der Waals surface area contributed by atoms with Gasteiger partial charge in [-0.1, -0.05) is 59.6 Å². The van der Waals surface area contributed by atoms with Crippen molar-refractivity contribution in [3.05, 3.63) is 88.5 Å². The first-order chi connectivity index (χ1) is 14.3. The van der Waals surface area contributed by atoms with E-state index in [0.717, 1.165) is 27.8 Å². The Labute approximate surface area is 181 Å². The topological polar surface area (TPSA) is 52.6 Å². The summed E-state index contributed by atoms with van der Waals surface area (Å²) in [6.45, 7) is 3.77. The van der Waals surface area contributed by atoms with Gasteiger partial charge in [0.05, 0.1) is 9.92 Å². The molecule has 0 spiro atoms. The van der Waals surface area contributed by atoms with E-state index >= 15 is 0 Å². The number of benzene rings is 3. The van der Waals surface area contributed by atoms with Crippen molar-refractivity contribution in [2.24, 2.45) is 0 Å². The maximum Gasteiger partial charge on any atom is 0.297 e. The summed E-state index contributed by atoms with van der Waals surface area (Å²) >= 11 is 6.53. The Hall–Kier alpha value is -2.60. The summed E-state index contributed by atoms with van der Waals surface area (Å²) < 4.78 is 36.4. The van der Waals surface area contributed by atoms with E-state index in [0.29, 0.717) is 10.8 Å². The van der Waals surface area contributed by atoms with Gasteiger partial charge in [0.15, 0.2) is 0 Å². The predicted octanol–water partition coefficient (Wildman–Crippen LogP) is 5.80. The van der Waals surface area contributed by atoms with Crippen molar-refractivity contribution in [1.82, 2.24) is 0 Å². The lowest BCUT2D eigenvalue weighted by Crippen LogP contribution is -2.25. The van der Waals surface area contributed by atoms with Crippen molar-refractivity contribution < 1.29 is 17.3 Å². The van der Waals surface area contributed by atoms with Crippen LogP contribution < -0.4 is 4.74 Å². The smallest absolute Gasteiger partial charge is 0.297 e. The van der Waals surface area contributed by atoms with Gasteiger partial charge in [0.25, 0.3) is 10.1 Å². The van der Waals surface area contributed by atoms with Gasteiger partial charge in [0.1, 0.15) is 18.5 Å². The molecule has 0 radical (unpaired) electrons. The molecule has 0 aliphatic carbocycles. The number of hydrogen-bond acceptors (Lipinski definition) is 4. The molecule has 1 atom stereocenters. The highest BCUT2D eigenvalue weighted by Crippen LogP contribution is 2.43. The number of aryl methyl sites for hydroxylation is 2. The summed E-state index contributed by atoms with van der Waals surface area (Å²) in [4.78, 5) is 0.122. The van der Waals surface area contributed by atoms with Gasteiger partial charge in [-0.05, 0) is 55.3 Å². The number of rotatable bonds is 5. The summed E-state index contributed by atoms with van der Waals surface area (Å²) in [5.74, 6) is 0.626. The molecule has 1 aliphatic rings. The van der Waals surface area contributed by atoms with Crippen LogP contribution in [-0.2, 0) is 14.3 Å².